The number of carboxylic acids is 1. The summed E-state index contributed by atoms with van der Waals surface area (Å²) in [6, 6.07) is 3.54. The Morgan fingerprint density at radius 1 is 1.23 bits per heavy atom. The van der Waals surface area contributed by atoms with E-state index in [1.54, 1.807) is 12.1 Å². The van der Waals surface area contributed by atoms with E-state index in [9.17, 15) is 9.90 Å². The summed E-state index contributed by atoms with van der Waals surface area (Å²) in [4.78, 5) is 14.5. The van der Waals surface area contributed by atoms with Gasteiger partial charge in [0.05, 0.1) is 25.8 Å². The Bertz CT molecular complexity index is 791. The Balaban J connectivity index is 2.68. The van der Waals surface area contributed by atoms with Crippen molar-refractivity contribution >= 4 is 21.9 Å². The number of rotatable bonds is 9. The van der Waals surface area contributed by atoms with Gasteiger partial charge in [0.2, 0.25) is 5.75 Å². The highest BCUT2D eigenvalue weighted by Gasteiger charge is 2.26. The third kappa shape index (κ3) is 3.79. The smallest absolute Gasteiger partial charge is 0.353 e. The van der Waals surface area contributed by atoms with Crippen LogP contribution in [0, 0.1) is 0 Å². The number of aromatic amines is 1. The first-order valence-corrected chi connectivity index (χ1v) is 8.63. The summed E-state index contributed by atoms with van der Waals surface area (Å²) in [7, 11) is 4.57. The maximum absolute atomic E-state index is 11.5. The van der Waals surface area contributed by atoms with Crippen molar-refractivity contribution in [2.45, 2.75) is 6.54 Å². The van der Waals surface area contributed by atoms with E-state index >= 15 is 0 Å². The fourth-order valence-corrected chi connectivity index (χ4v) is 3.42. The third-order valence-electron chi connectivity index (χ3n) is 3.83. The molecule has 0 saturated carbocycles. The summed E-state index contributed by atoms with van der Waals surface area (Å²) >= 11 is 3.40. The predicted molar refractivity (Wildman–Crippen MR) is 101 cm³/mol. The molecule has 9 heteroatoms. The topological polar surface area (TPSA) is 119 Å². The first-order valence-electron chi connectivity index (χ1n) is 7.83. The molecule has 26 heavy (non-hydrogen) atoms. The number of aromatic nitrogens is 1. The molecule has 0 bridgehead atoms. The number of aromatic carboxylic acids is 1. The number of halogens is 1. The van der Waals surface area contributed by atoms with Crippen LogP contribution in [0.3, 0.4) is 0 Å². The Labute approximate surface area is 159 Å². The van der Waals surface area contributed by atoms with Crippen LogP contribution in [-0.2, 0) is 6.54 Å². The number of carboxylic acid groups (broad SMARTS) is 1. The minimum atomic E-state index is -1.07. The molecule has 0 aliphatic rings. The number of H-pyrrole nitrogens is 1. The Kier molecular flexibility index (Phi) is 6.90. The van der Waals surface area contributed by atoms with E-state index in [0.29, 0.717) is 58.2 Å². The van der Waals surface area contributed by atoms with Crippen LogP contribution >= 0.6 is 15.9 Å². The molecule has 2 rings (SSSR count). The minimum absolute atomic E-state index is 0.0568. The molecule has 1 heterocycles. The van der Waals surface area contributed by atoms with E-state index in [-0.39, 0.29) is 5.69 Å². The van der Waals surface area contributed by atoms with Crippen LogP contribution in [0.4, 0.5) is 0 Å². The van der Waals surface area contributed by atoms with Crippen molar-refractivity contribution in [3.63, 3.8) is 0 Å². The third-order valence-corrected chi connectivity index (χ3v) is 4.62. The lowest BCUT2D eigenvalue weighted by Gasteiger charge is -2.16. The molecular weight excluding hydrogens is 406 g/mol. The maximum Gasteiger partial charge on any atom is 0.353 e. The normalized spacial score (nSPS) is 10.7. The van der Waals surface area contributed by atoms with Crippen LogP contribution in [0.2, 0.25) is 0 Å². The molecule has 0 amide bonds. The molecule has 5 N–H and O–H groups in total. The van der Waals surface area contributed by atoms with Gasteiger partial charge < -0.3 is 35.4 Å². The van der Waals surface area contributed by atoms with Gasteiger partial charge in [0, 0.05) is 36.5 Å². The summed E-state index contributed by atoms with van der Waals surface area (Å²) in [5.74, 6) is 0.325. The SMILES string of the molecule is COc1ccc(-c2c(CNCCN)[nH]c(C(=O)O)c2Br)c(OC)c1OC. The second-order valence-electron chi connectivity index (χ2n) is 5.32. The van der Waals surface area contributed by atoms with E-state index in [1.807, 2.05) is 0 Å². The van der Waals surface area contributed by atoms with Crippen LogP contribution < -0.4 is 25.3 Å². The second-order valence-corrected chi connectivity index (χ2v) is 6.11. The average molecular weight is 428 g/mol. The van der Waals surface area contributed by atoms with Gasteiger partial charge >= 0.3 is 5.97 Å². The summed E-state index contributed by atoms with van der Waals surface area (Å²) < 4.78 is 16.7. The highest BCUT2D eigenvalue weighted by Crippen LogP contribution is 2.47. The van der Waals surface area contributed by atoms with Gasteiger partial charge in [0.25, 0.3) is 0 Å². The molecule has 0 fully saturated rings. The van der Waals surface area contributed by atoms with E-state index in [1.165, 1.54) is 21.3 Å². The first-order chi connectivity index (χ1) is 12.5. The number of carbonyl (C=O) groups is 1. The average Bonchev–Trinajstić information content (AvgIpc) is 2.96. The monoisotopic (exact) mass is 427 g/mol. The van der Waals surface area contributed by atoms with Gasteiger partial charge in [-0.1, -0.05) is 0 Å². The molecule has 0 radical (unpaired) electrons. The zero-order valence-electron chi connectivity index (χ0n) is 14.8. The number of methoxy groups -OCH3 is 3. The molecule has 0 spiro atoms. The molecule has 0 aliphatic heterocycles. The first kappa shape index (κ1) is 20.1. The highest BCUT2D eigenvalue weighted by atomic mass is 79.9. The number of hydrogen-bond acceptors (Lipinski definition) is 6. The Hall–Kier alpha value is -2.23. The summed E-state index contributed by atoms with van der Waals surface area (Å²) in [6.07, 6.45) is 0. The van der Waals surface area contributed by atoms with Crippen LogP contribution in [0.5, 0.6) is 17.2 Å². The summed E-state index contributed by atoms with van der Waals surface area (Å²) in [5, 5.41) is 12.6. The largest absolute Gasteiger partial charge is 0.493 e. The number of ether oxygens (including phenoxy) is 3. The lowest BCUT2D eigenvalue weighted by molar-refractivity contribution is 0.0690. The fraction of sp³-hybridized carbons (Fsp3) is 0.353. The molecule has 2 aromatic rings. The van der Waals surface area contributed by atoms with E-state index in [4.69, 9.17) is 19.9 Å². The van der Waals surface area contributed by atoms with Crippen LogP contribution in [0.25, 0.3) is 11.1 Å². The summed E-state index contributed by atoms with van der Waals surface area (Å²) in [5.41, 5.74) is 7.60. The van der Waals surface area contributed by atoms with E-state index < -0.39 is 5.97 Å². The van der Waals surface area contributed by atoms with E-state index in [2.05, 4.69) is 26.2 Å². The van der Waals surface area contributed by atoms with Gasteiger partial charge in [-0.3, -0.25) is 0 Å². The lowest BCUT2D eigenvalue weighted by atomic mass is 10.0. The molecule has 1 aromatic carbocycles. The molecular formula is C17H22BrN3O5. The molecule has 1 aromatic heterocycles. The predicted octanol–water partition coefficient (Wildman–Crippen LogP) is 2.22. The van der Waals surface area contributed by atoms with Crippen molar-refractivity contribution in [3.05, 3.63) is 28.0 Å². The zero-order chi connectivity index (χ0) is 19.3. The number of nitrogens with one attached hydrogen (secondary N) is 2. The van der Waals surface area contributed by atoms with Crippen molar-refractivity contribution in [1.82, 2.24) is 10.3 Å². The van der Waals surface area contributed by atoms with Gasteiger partial charge in [0.1, 0.15) is 5.69 Å². The Morgan fingerprint density at radius 2 is 1.92 bits per heavy atom. The van der Waals surface area contributed by atoms with Crippen molar-refractivity contribution in [1.29, 1.82) is 0 Å². The molecule has 0 saturated heterocycles. The molecule has 0 atom stereocenters. The van der Waals surface area contributed by atoms with Crippen molar-refractivity contribution in [2.75, 3.05) is 34.4 Å². The molecule has 0 unspecified atom stereocenters. The van der Waals surface area contributed by atoms with Crippen molar-refractivity contribution < 1.29 is 24.1 Å². The van der Waals surface area contributed by atoms with Crippen molar-refractivity contribution in [3.8, 4) is 28.4 Å². The second kappa shape index (κ2) is 8.93. The molecule has 0 aliphatic carbocycles. The maximum atomic E-state index is 11.5. The zero-order valence-corrected chi connectivity index (χ0v) is 16.4. The quantitative estimate of drug-likeness (QED) is 0.452. The van der Waals surface area contributed by atoms with Gasteiger partial charge in [-0.05, 0) is 28.1 Å². The number of benzene rings is 1. The van der Waals surface area contributed by atoms with Crippen LogP contribution in [0.15, 0.2) is 16.6 Å². The fourth-order valence-electron chi connectivity index (χ4n) is 2.70. The van der Waals surface area contributed by atoms with Crippen LogP contribution in [0.1, 0.15) is 16.2 Å². The molecule has 142 valence electrons. The van der Waals surface area contributed by atoms with Crippen LogP contribution in [-0.4, -0.2) is 50.5 Å². The minimum Gasteiger partial charge on any atom is -0.493 e. The van der Waals surface area contributed by atoms with Crippen molar-refractivity contribution in [2.24, 2.45) is 5.73 Å². The number of hydrogen-bond donors (Lipinski definition) is 4. The van der Waals surface area contributed by atoms with Gasteiger partial charge in [0.15, 0.2) is 11.5 Å². The molecule has 8 nitrogen and oxygen atoms in total. The van der Waals surface area contributed by atoms with Gasteiger partial charge in [-0.2, -0.15) is 0 Å². The van der Waals surface area contributed by atoms with Gasteiger partial charge in [-0.25, -0.2) is 4.79 Å². The Morgan fingerprint density at radius 3 is 2.46 bits per heavy atom. The number of nitrogens with two attached hydrogens (primary N) is 1. The standard InChI is InChI=1S/C17H22BrN3O5/c1-24-11-5-4-9(15(25-2)16(11)26-3)12-10(8-20-7-6-19)21-14(13(12)18)17(22)23/h4-5,20-21H,6-8,19H2,1-3H3,(H,22,23). The summed E-state index contributed by atoms with van der Waals surface area (Å²) in [6.45, 7) is 1.49. The van der Waals surface area contributed by atoms with Gasteiger partial charge in [-0.15, -0.1) is 0 Å². The van der Waals surface area contributed by atoms with E-state index in [0.717, 1.165) is 0 Å². The lowest BCUT2D eigenvalue weighted by Crippen LogP contribution is -2.22. The highest BCUT2D eigenvalue weighted by molar-refractivity contribution is 9.10.